The Morgan fingerprint density at radius 1 is 0.500 bits per heavy atom. The van der Waals surface area contributed by atoms with E-state index in [4.69, 9.17) is 0 Å². The number of rotatable bonds is 21. The summed E-state index contributed by atoms with van der Waals surface area (Å²) in [5.74, 6) is 0. The molecule has 0 N–H and O–H groups in total. The molecule has 2 rings (SSSR count). The molecular weight excluding hydrogens is 828 g/mol. The molecule has 0 saturated heterocycles. The van der Waals surface area contributed by atoms with Gasteiger partial charge in [0.2, 0.25) is 0 Å². The first-order valence-electron chi connectivity index (χ1n) is 17.3. The van der Waals surface area contributed by atoms with Crippen LogP contribution in [0.4, 0.5) is 0 Å². The summed E-state index contributed by atoms with van der Waals surface area (Å²) in [5.41, 5.74) is 3.47. The fourth-order valence-electron chi connectivity index (χ4n) is 4.99. The summed E-state index contributed by atoms with van der Waals surface area (Å²) < 4.78 is 0. The van der Waals surface area contributed by atoms with Gasteiger partial charge in [-0.1, -0.05) is 71.1 Å². The molecule has 234 valence electrons. The predicted molar refractivity (Wildman–Crippen MR) is 196 cm³/mol. The Kier molecular flexibility index (Phi) is 30.5. The van der Waals surface area contributed by atoms with Crippen molar-refractivity contribution in [1.82, 2.24) is 0 Å². The molecule has 0 amide bonds. The van der Waals surface area contributed by atoms with Gasteiger partial charge >= 0.3 is 211 Å². The van der Waals surface area contributed by atoms with E-state index in [0.29, 0.717) is 29.0 Å². The van der Waals surface area contributed by atoms with E-state index in [1.54, 1.807) is 11.1 Å². The van der Waals surface area contributed by atoms with Crippen LogP contribution in [0.15, 0.2) is 31.9 Å². The second-order valence-electron chi connectivity index (χ2n) is 13.6. The van der Waals surface area contributed by atoms with Gasteiger partial charge in [0.25, 0.3) is 0 Å². The molecule has 0 aromatic carbocycles. The number of hydrogen-bond acceptors (Lipinski definition) is 0. The van der Waals surface area contributed by atoms with Gasteiger partial charge in [-0.05, 0) is 0 Å². The van der Waals surface area contributed by atoms with Gasteiger partial charge in [-0.3, -0.25) is 0 Å². The van der Waals surface area contributed by atoms with Gasteiger partial charge in [0.05, 0.1) is 0 Å². The maximum atomic E-state index is 2.52. The van der Waals surface area contributed by atoms with Crippen molar-refractivity contribution in [2.24, 2.45) is 0 Å². The van der Waals surface area contributed by atoms with Crippen molar-refractivity contribution in [2.75, 3.05) is 0 Å². The average Bonchev–Trinajstić information content (AvgIpc) is 3.63. The van der Waals surface area contributed by atoms with Crippen molar-refractivity contribution < 1.29 is 0 Å². The first-order chi connectivity index (χ1) is 19.2. The van der Waals surface area contributed by atoms with E-state index >= 15 is 0 Å². The van der Waals surface area contributed by atoms with E-state index < -0.39 is 39.5 Å². The normalized spacial score (nSPS) is 11.3. The molecule has 0 bridgehead atoms. The molecule has 0 aliphatic heterocycles. The van der Waals surface area contributed by atoms with Crippen LogP contribution in [-0.2, 0) is 5.41 Å². The Bertz CT molecular complexity index is 676. The molecule has 0 fully saturated rings. The Balaban J connectivity index is 0.00000167. The van der Waals surface area contributed by atoms with Crippen LogP contribution in [0.5, 0.6) is 0 Å². The van der Waals surface area contributed by atoms with Gasteiger partial charge in [-0.2, -0.15) is 0 Å². The molecule has 2 aromatic rings. The molecule has 2 aromatic heterocycles. The van der Waals surface area contributed by atoms with Crippen LogP contribution in [0.3, 0.4) is 0 Å². The summed E-state index contributed by atoms with van der Waals surface area (Å²) in [6, 6.07) is 4.82. The summed E-state index contributed by atoms with van der Waals surface area (Å²) in [6.07, 6.45) is 27.5. The summed E-state index contributed by atoms with van der Waals surface area (Å²) in [7, 11) is 0. The summed E-state index contributed by atoms with van der Waals surface area (Å²) in [4.78, 5) is 24.1. The molecule has 0 atom stereocenters. The summed E-state index contributed by atoms with van der Waals surface area (Å²) in [6.45, 7) is 4.80. The van der Waals surface area contributed by atoms with Crippen molar-refractivity contribution in [3.8, 4) is 0 Å². The third-order valence-electron chi connectivity index (χ3n) is 7.35. The zero-order chi connectivity index (χ0) is 29.9. The van der Waals surface area contributed by atoms with Crippen LogP contribution in [0.25, 0.3) is 0 Å². The van der Waals surface area contributed by atoms with Crippen molar-refractivity contribution in [1.29, 1.82) is 0 Å². The minimum atomic E-state index is -0.637. The van der Waals surface area contributed by atoms with Crippen molar-refractivity contribution in [3.63, 3.8) is 0 Å². The molecule has 0 unspecified atom stereocenters. The standard InChI is InChI=1S/C30H50Se2.6CH3.2Sn.2H/c1-3-4-5-6-7-8-9-10-11-12-13-14-15-16-17-18-19-20-23-30(2,28-21-24-31-26-28)29-22-25-32-27-29;;;;;;;;;;/h21-22,24-27H,3-20,23H2,1-2H3;6*1H3;;;;. The average molecular weight is 898 g/mol. The first-order valence-corrected chi connectivity index (χ1v) is 41.0. The Morgan fingerprint density at radius 2 is 0.775 bits per heavy atom. The molecule has 0 radical (unpaired) electrons. The van der Waals surface area contributed by atoms with Crippen LogP contribution < -0.4 is 0 Å². The second-order valence-corrected chi connectivity index (χ2v) is 36.6. The fraction of sp³-hybridized carbons (Fsp3) is 0.778. The van der Waals surface area contributed by atoms with Crippen molar-refractivity contribution in [2.45, 2.75) is 171 Å². The van der Waals surface area contributed by atoms with E-state index in [-0.39, 0.29) is 5.41 Å². The summed E-state index contributed by atoms with van der Waals surface area (Å²) in [5, 5.41) is 0. The monoisotopic (exact) mass is 902 g/mol. The van der Waals surface area contributed by atoms with E-state index in [2.05, 4.69) is 75.4 Å². The molecular formula is C36H70Se2Sn2. The zero-order valence-electron chi connectivity index (χ0n) is 28.4. The topological polar surface area (TPSA) is 0 Å². The van der Waals surface area contributed by atoms with Crippen LogP contribution in [0, 0.1) is 0 Å². The number of hydrogen-bond donors (Lipinski definition) is 0. The molecule has 2 heterocycles. The number of unbranched alkanes of at least 4 members (excludes halogenated alkanes) is 17. The van der Waals surface area contributed by atoms with Gasteiger partial charge in [0, 0.05) is 0 Å². The Hall–Kier alpha value is 1.60. The van der Waals surface area contributed by atoms with Crippen molar-refractivity contribution in [3.05, 3.63) is 43.0 Å². The molecule has 0 aliphatic carbocycles. The third kappa shape index (κ3) is 25.0. The molecule has 40 heavy (non-hydrogen) atoms. The zero-order valence-corrected chi connectivity index (χ0v) is 38.4. The maximum absolute atomic E-state index is 2.52. The van der Waals surface area contributed by atoms with Gasteiger partial charge in [0.1, 0.15) is 0 Å². The fourth-order valence-corrected chi connectivity index (χ4v) is 8.30. The Morgan fingerprint density at radius 3 is 1.02 bits per heavy atom. The van der Waals surface area contributed by atoms with E-state index in [1.165, 1.54) is 122 Å². The van der Waals surface area contributed by atoms with E-state index in [9.17, 15) is 0 Å². The molecule has 4 heteroatoms. The molecule has 0 aliphatic rings. The molecule has 0 nitrogen and oxygen atoms in total. The van der Waals surface area contributed by atoms with Gasteiger partial charge in [-0.15, -0.1) is 0 Å². The van der Waals surface area contributed by atoms with Gasteiger partial charge in [0.15, 0.2) is 0 Å². The van der Waals surface area contributed by atoms with E-state index in [1.807, 2.05) is 0 Å². The molecule has 0 saturated carbocycles. The Labute approximate surface area is 279 Å². The summed E-state index contributed by atoms with van der Waals surface area (Å²) >= 11 is -0.0819. The van der Waals surface area contributed by atoms with Crippen LogP contribution in [0.2, 0.25) is 29.6 Å². The SMILES string of the molecule is CCCCCCCCCCCCCCCCCCCCC(C)(c1cc[se]c1)c1cc[se]c1.[CH3][SnH]([CH3])[CH3].[CH3][SnH]([CH3])[CH3]. The van der Waals surface area contributed by atoms with Crippen LogP contribution in [0.1, 0.15) is 147 Å². The quantitative estimate of drug-likeness (QED) is 0.0865. The van der Waals surface area contributed by atoms with Gasteiger partial charge in [-0.25, -0.2) is 0 Å². The van der Waals surface area contributed by atoms with Crippen LogP contribution in [-0.4, -0.2) is 68.5 Å². The van der Waals surface area contributed by atoms with Gasteiger partial charge < -0.3 is 0 Å². The van der Waals surface area contributed by atoms with E-state index in [0.717, 1.165) is 0 Å². The first kappa shape index (κ1) is 41.6. The third-order valence-corrected chi connectivity index (χ3v) is 10.2. The van der Waals surface area contributed by atoms with Crippen LogP contribution >= 0.6 is 0 Å². The van der Waals surface area contributed by atoms with Crippen molar-refractivity contribution >= 4 is 68.5 Å². The predicted octanol–water partition coefficient (Wildman–Crippen LogP) is 11.7. The molecule has 0 spiro atoms. The second kappa shape index (κ2) is 29.3. The minimum absolute atomic E-state index is 0.276.